The molecule has 1 amide bonds. The number of para-hydroxylation sites is 2. The van der Waals surface area contributed by atoms with Crippen LogP contribution in [0, 0.1) is 0 Å². The number of nitrogens with zero attached hydrogens (tertiary/aromatic N) is 2. The highest BCUT2D eigenvalue weighted by Gasteiger charge is 2.13. The summed E-state index contributed by atoms with van der Waals surface area (Å²) >= 11 is 0. The lowest BCUT2D eigenvalue weighted by Crippen LogP contribution is -2.12. The molecule has 0 radical (unpaired) electrons. The van der Waals surface area contributed by atoms with Gasteiger partial charge in [-0.05, 0) is 55.5 Å². The first-order chi connectivity index (χ1) is 14.2. The van der Waals surface area contributed by atoms with E-state index in [1.165, 1.54) is 0 Å². The average molecular weight is 385 g/mol. The minimum Gasteiger partial charge on any atom is -0.492 e. The van der Waals surface area contributed by atoms with Gasteiger partial charge >= 0.3 is 0 Å². The standard InChI is InChI=1S/C23H19N3O3/c1-2-28-20-11-7-6-10-19(20)24-21(27)16-12-14-18(15-13-16)23-26-25-22(29-23)17-8-4-3-5-9-17/h3-15H,2H2,1H3,(H,24,27). The number of nitrogens with one attached hydrogen (secondary N) is 1. The molecule has 29 heavy (non-hydrogen) atoms. The quantitative estimate of drug-likeness (QED) is 0.502. The predicted molar refractivity (Wildman–Crippen MR) is 111 cm³/mol. The van der Waals surface area contributed by atoms with Crippen LogP contribution in [0.3, 0.4) is 0 Å². The maximum atomic E-state index is 12.6. The van der Waals surface area contributed by atoms with E-state index in [9.17, 15) is 4.79 Å². The van der Waals surface area contributed by atoms with Crippen molar-refractivity contribution >= 4 is 11.6 Å². The zero-order valence-corrected chi connectivity index (χ0v) is 15.8. The molecule has 0 bridgehead atoms. The Morgan fingerprint density at radius 1 is 0.862 bits per heavy atom. The van der Waals surface area contributed by atoms with Crippen molar-refractivity contribution in [2.24, 2.45) is 0 Å². The normalized spacial score (nSPS) is 10.5. The van der Waals surface area contributed by atoms with Crippen molar-refractivity contribution in [2.75, 3.05) is 11.9 Å². The Bertz CT molecular complexity index is 1110. The van der Waals surface area contributed by atoms with Gasteiger partial charge in [-0.25, -0.2) is 0 Å². The number of ether oxygens (including phenoxy) is 1. The van der Waals surface area contributed by atoms with Crippen molar-refractivity contribution in [3.05, 3.63) is 84.4 Å². The van der Waals surface area contributed by atoms with E-state index in [1.54, 1.807) is 30.3 Å². The topological polar surface area (TPSA) is 77.2 Å². The van der Waals surface area contributed by atoms with E-state index < -0.39 is 0 Å². The van der Waals surface area contributed by atoms with Gasteiger partial charge in [-0.15, -0.1) is 10.2 Å². The molecule has 6 heteroatoms. The largest absolute Gasteiger partial charge is 0.492 e. The molecule has 0 atom stereocenters. The molecule has 1 aromatic heterocycles. The summed E-state index contributed by atoms with van der Waals surface area (Å²) in [5, 5.41) is 11.1. The molecule has 4 aromatic rings. The lowest BCUT2D eigenvalue weighted by Gasteiger charge is -2.11. The van der Waals surface area contributed by atoms with E-state index >= 15 is 0 Å². The number of hydrogen-bond acceptors (Lipinski definition) is 5. The summed E-state index contributed by atoms with van der Waals surface area (Å²) in [7, 11) is 0. The first-order valence-electron chi connectivity index (χ1n) is 9.27. The van der Waals surface area contributed by atoms with E-state index in [4.69, 9.17) is 9.15 Å². The third-order valence-electron chi connectivity index (χ3n) is 4.27. The zero-order valence-electron chi connectivity index (χ0n) is 15.8. The van der Waals surface area contributed by atoms with Crippen LogP contribution >= 0.6 is 0 Å². The number of aromatic nitrogens is 2. The van der Waals surface area contributed by atoms with Crippen LogP contribution in [0.25, 0.3) is 22.9 Å². The molecule has 0 aliphatic carbocycles. The molecule has 1 N–H and O–H groups in total. The molecule has 0 spiro atoms. The van der Waals surface area contributed by atoms with Gasteiger partial charge in [-0.3, -0.25) is 4.79 Å². The molecule has 0 unspecified atom stereocenters. The van der Waals surface area contributed by atoms with Crippen molar-refractivity contribution < 1.29 is 13.9 Å². The van der Waals surface area contributed by atoms with Crippen LogP contribution < -0.4 is 10.1 Å². The summed E-state index contributed by atoms with van der Waals surface area (Å²) in [6, 6.07) is 23.9. The smallest absolute Gasteiger partial charge is 0.255 e. The van der Waals surface area contributed by atoms with Crippen molar-refractivity contribution in [2.45, 2.75) is 6.92 Å². The molecule has 0 saturated heterocycles. The van der Waals surface area contributed by atoms with Gasteiger partial charge < -0.3 is 14.5 Å². The van der Waals surface area contributed by atoms with Crippen LogP contribution in [0.15, 0.2) is 83.3 Å². The van der Waals surface area contributed by atoms with Crippen LogP contribution in [0.1, 0.15) is 17.3 Å². The Kier molecular flexibility index (Phi) is 5.33. The van der Waals surface area contributed by atoms with Crippen LogP contribution in [-0.4, -0.2) is 22.7 Å². The Morgan fingerprint density at radius 2 is 1.48 bits per heavy atom. The fraction of sp³-hybridized carbons (Fsp3) is 0.0870. The second-order valence-corrected chi connectivity index (χ2v) is 6.24. The van der Waals surface area contributed by atoms with Crippen LogP contribution in [0.4, 0.5) is 5.69 Å². The van der Waals surface area contributed by atoms with Gasteiger partial charge in [-0.2, -0.15) is 0 Å². The van der Waals surface area contributed by atoms with Gasteiger partial charge in [0.2, 0.25) is 11.8 Å². The number of carbonyl (C=O) groups excluding carboxylic acids is 1. The van der Waals surface area contributed by atoms with E-state index in [-0.39, 0.29) is 5.91 Å². The van der Waals surface area contributed by atoms with Crippen molar-refractivity contribution in [3.63, 3.8) is 0 Å². The van der Waals surface area contributed by atoms with E-state index in [0.29, 0.717) is 35.4 Å². The summed E-state index contributed by atoms with van der Waals surface area (Å²) in [6.07, 6.45) is 0. The molecule has 144 valence electrons. The molecule has 1 heterocycles. The third-order valence-corrected chi connectivity index (χ3v) is 4.27. The van der Waals surface area contributed by atoms with Gasteiger partial charge in [0, 0.05) is 16.7 Å². The molecule has 0 aliphatic heterocycles. The number of carbonyl (C=O) groups is 1. The number of rotatable bonds is 6. The van der Waals surface area contributed by atoms with Gasteiger partial charge in [0.05, 0.1) is 12.3 Å². The summed E-state index contributed by atoms with van der Waals surface area (Å²) in [6.45, 7) is 2.43. The Labute approximate surface area is 168 Å². The van der Waals surface area contributed by atoms with E-state index in [0.717, 1.165) is 11.1 Å². The van der Waals surface area contributed by atoms with Gasteiger partial charge in [0.1, 0.15) is 5.75 Å². The van der Waals surface area contributed by atoms with Gasteiger partial charge in [0.25, 0.3) is 5.91 Å². The highest BCUT2D eigenvalue weighted by molar-refractivity contribution is 6.05. The molecule has 3 aromatic carbocycles. The molecule has 0 aliphatic rings. The number of amides is 1. The van der Waals surface area contributed by atoms with E-state index in [2.05, 4.69) is 15.5 Å². The van der Waals surface area contributed by atoms with Gasteiger partial charge in [-0.1, -0.05) is 30.3 Å². The highest BCUT2D eigenvalue weighted by atomic mass is 16.5. The van der Waals surface area contributed by atoms with E-state index in [1.807, 2.05) is 55.5 Å². The second-order valence-electron chi connectivity index (χ2n) is 6.24. The maximum absolute atomic E-state index is 12.6. The molecule has 4 rings (SSSR count). The lowest BCUT2D eigenvalue weighted by molar-refractivity contribution is 0.102. The lowest BCUT2D eigenvalue weighted by atomic mass is 10.1. The monoisotopic (exact) mass is 385 g/mol. The van der Waals surface area contributed by atoms with Crippen molar-refractivity contribution in [1.29, 1.82) is 0 Å². The minimum atomic E-state index is -0.223. The first-order valence-corrected chi connectivity index (χ1v) is 9.27. The third kappa shape index (κ3) is 4.16. The van der Waals surface area contributed by atoms with Crippen LogP contribution in [-0.2, 0) is 0 Å². The fourth-order valence-electron chi connectivity index (χ4n) is 2.85. The maximum Gasteiger partial charge on any atom is 0.255 e. The number of anilines is 1. The highest BCUT2D eigenvalue weighted by Crippen LogP contribution is 2.26. The molecule has 0 fully saturated rings. The van der Waals surface area contributed by atoms with Crippen LogP contribution in [0.5, 0.6) is 5.75 Å². The molecular weight excluding hydrogens is 366 g/mol. The Balaban J connectivity index is 1.50. The van der Waals surface area contributed by atoms with Crippen molar-refractivity contribution in [1.82, 2.24) is 10.2 Å². The summed E-state index contributed by atoms with van der Waals surface area (Å²) in [5.74, 6) is 1.27. The number of benzene rings is 3. The average Bonchev–Trinajstić information content (AvgIpc) is 3.26. The summed E-state index contributed by atoms with van der Waals surface area (Å²) in [4.78, 5) is 12.6. The zero-order chi connectivity index (χ0) is 20.1. The number of hydrogen-bond donors (Lipinski definition) is 1. The second kappa shape index (κ2) is 8.39. The summed E-state index contributed by atoms with van der Waals surface area (Å²) in [5.41, 5.74) is 2.75. The molecular formula is C23H19N3O3. The van der Waals surface area contributed by atoms with Crippen molar-refractivity contribution in [3.8, 4) is 28.7 Å². The fourth-order valence-corrected chi connectivity index (χ4v) is 2.85. The van der Waals surface area contributed by atoms with Crippen LogP contribution in [0.2, 0.25) is 0 Å². The Morgan fingerprint density at radius 3 is 2.17 bits per heavy atom. The minimum absolute atomic E-state index is 0.223. The first kappa shape index (κ1) is 18.4. The SMILES string of the molecule is CCOc1ccccc1NC(=O)c1ccc(-c2nnc(-c3ccccc3)o2)cc1. The van der Waals surface area contributed by atoms with Gasteiger partial charge in [0.15, 0.2) is 0 Å². The summed E-state index contributed by atoms with van der Waals surface area (Å²) < 4.78 is 11.3. The Hall–Kier alpha value is -3.93. The molecule has 0 saturated carbocycles. The predicted octanol–water partition coefficient (Wildman–Crippen LogP) is 5.05. The molecule has 6 nitrogen and oxygen atoms in total.